The molecule has 0 saturated heterocycles. The zero-order valence-electron chi connectivity index (χ0n) is 5.82. The fraction of sp³-hybridized carbons (Fsp3) is 0. The van der Waals surface area contributed by atoms with Crippen LogP contribution in [0.1, 0.15) is 0 Å². The van der Waals surface area contributed by atoms with Gasteiger partial charge < -0.3 is 0 Å². The third-order valence-electron chi connectivity index (χ3n) is 1.21. The van der Waals surface area contributed by atoms with Gasteiger partial charge in [-0.15, -0.1) is 0 Å². The van der Waals surface area contributed by atoms with Crippen LogP contribution in [0.25, 0.3) is 0 Å². The Hall–Kier alpha value is -1.32. The molecule has 0 amide bonds. The predicted octanol–water partition coefficient (Wildman–Crippen LogP) is 3.41. The minimum atomic E-state index is -1.23. The molecule has 0 unspecified atom stereocenters. The number of allylic oxidation sites excluding steroid dienone is 8. The minimum Gasteiger partial charge on any atom is -0.204 e. The second-order valence-corrected chi connectivity index (χ2v) is 2.06. The highest BCUT2D eigenvalue weighted by Crippen LogP contribution is 2.19. The van der Waals surface area contributed by atoms with Crippen LogP contribution in [0.5, 0.6) is 0 Å². The van der Waals surface area contributed by atoms with Gasteiger partial charge in [-0.3, -0.25) is 0 Å². The Morgan fingerprint density at radius 1 is 0.500 bits per heavy atom. The van der Waals surface area contributed by atoms with E-state index in [0.717, 1.165) is 0 Å². The van der Waals surface area contributed by atoms with E-state index < -0.39 is 23.3 Å². The molecule has 1 aliphatic rings. The minimum absolute atomic E-state index is 0.522. The number of hydrogen-bond donors (Lipinski definition) is 0. The second-order valence-electron chi connectivity index (χ2n) is 2.06. The van der Waals surface area contributed by atoms with Crippen molar-refractivity contribution in [3.63, 3.8) is 0 Å². The molecule has 0 nitrogen and oxygen atoms in total. The summed E-state index contributed by atoms with van der Waals surface area (Å²) in [5.74, 6) is -4.91. The van der Waals surface area contributed by atoms with E-state index in [2.05, 4.69) is 0 Å². The van der Waals surface area contributed by atoms with Crippen molar-refractivity contribution in [1.29, 1.82) is 0 Å². The molecule has 0 aliphatic heterocycles. The maximum absolute atomic E-state index is 12.4. The van der Waals surface area contributed by atoms with Crippen LogP contribution in [0.15, 0.2) is 47.6 Å². The van der Waals surface area contributed by atoms with Crippen LogP contribution in [0, 0.1) is 0 Å². The normalized spacial score (nSPS) is 27.0. The van der Waals surface area contributed by atoms with Crippen LogP contribution in [-0.4, -0.2) is 0 Å². The molecule has 0 saturated carbocycles. The Labute approximate surface area is 66.2 Å². The Morgan fingerprint density at radius 3 is 0.833 bits per heavy atom. The molecular formula is C8H4F4. The predicted molar refractivity (Wildman–Crippen MR) is 36.8 cm³/mol. The standard InChI is InChI=1S/C8H4F4/c9-5-1-2-6(10)8(12)4-3-7(5)11/h1-4H/b2-1+,4-3?,5-1?,6-2?,7-3?,7-5+,8-4?,8-6?. The van der Waals surface area contributed by atoms with E-state index in [9.17, 15) is 17.6 Å². The van der Waals surface area contributed by atoms with Crippen molar-refractivity contribution in [3.05, 3.63) is 47.6 Å². The fourth-order valence-electron chi connectivity index (χ4n) is 0.611. The lowest BCUT2D eigenvalue weighted by Gasteiger charge is -1.94. The molecule has 0 fully saturated rings. The van der Waals surface area contributed by atoms with Gasteiger partial charge in [-0.2, -0.15) is 0 Å². The van der Waals surface area contributed by atoms with E-state index in [1.807, 2.05) is 0 Å². The lowest BCUT2D eigenvalue weighted by molar-refractivity contribution is 0.555. The zero-order chi connectivity index (χ0) is 9.14. The van der Waals surface area contributed by atoms with Crippen molar-refractivity contribution in [3.8, 4) is 0 Å². The Morgan fingerprint density at radius 2 is 0.667 bits per heavy atom. The second kappa shape index (κ2) is 3.38. The molecular weight excluding hydrogens is 172 g/mol. The van der Waals surface area contributed by atoms with Crippen LogP contribution in [-0.2, 0) is 0 Å². The van der Waals surface area contributed by atoms with Crippen LogP contribution in [0.2, 0.25) is 0 Å². The maximum atomic E-state index is 12.4. The molecule has 0 aromatic carbocycles. The van der Waals surface area contributed by atoms with E-state index in [1.165, 1.54) is 0 Å². The summed E-state index contributed by atoms with van der Waals surface area (Å²) >= 11 is 0. The summed E-state index contributed by atoms with van der Waals surface area (Å²) in [5.41, 5.74) is 0. The summed E-state index contributed by atoms with van der Waals surface area (Å²) in [5, 5.41) is 0. The lowest BCUT2D eigenvalue weighted by Crippen LogP contribution is -1.80. The van der Waals surface area contributed by atoms with Gasteiger partial charge in [0.25, 0.3) is 0 Å². The molecule has 0 atom stereocenters. The van der Waals surface area contributed by atoms with E-state index >= 15 is 0 Å². The highest BCUT2D eigenvalue weighted by Gasteiger charge is 2.05. The smallest absolute Gasteiger partial charge is 0.158 e. The van der Waals surface area contributed by atoms with Gasteiger partial charge in [0.1, 0.15) is 0 Å². The highest BCUT2D eigenvalue weighted by molar-refractivity contribution is 5.35. The molecule has 0 aromatic heterocycles. The summed E-state index contributed by atoms with van der Waals surface area (Å²) in [6, 6.07) is 0. The van der Waals surface area contributed by atoms with Crippen LogP contribution >= 0.6 is 0 Å². The van der Waals surface area contributed by atoms with Gasteiger partial charge in [0.15, 0.2) is 23.3 Å². The molecule has 0 N–H and O–H groups in total. The van der Waals surface area contributed by atoms with Crippen LogP contribution < -0.4 is 0 Å². The molecule has 4 heteroatoms. The quantitative estimate of drug-likeness (QED) is 0.496. The molecule has 1 rings (SSSR count). The Balaban J connectivity index is 3.09. The van der Waals surface area contributed by atoms with Gasteiger partial charge >= 0.3 is 0 Å². The van der Waals surface area contributed by atoms with Crippen molar-refractivity contribution in [2.75, 3.05) is 0 Å². The first-order valence-electron chi connectivity index (χ1n) is 3.08. The first-order valence-corrected chi connectivity index (χ1v) is 3.08. The fourth-order valence-corrected chi connectivity index (χ4v) is 0.611. The van der Waals surface area contributed by atoms with E-state index in [4.69, 9.17) is 0 Å². The van der Waals surface area contributed by atoms with Crippen LogP contribution in [0.3, 0.4) is 0 Å². The van der Waals surface area contributed by atoms with Gasteiger partial charge in [0.05, 0.1) is 0 Å². The molecule has 12 heavy (non-hydrogen) atoms. The van der Waals surface area contributed by atoms with Gasteiger partial charge in [0.2, 0.25) is 0 Å². The Bertz CT molecular complexity index is 247. The van der Waals surface area contributed by atoms with Gasteiger partial charge in [0, 0.05) is 0 Å². The van der Waals surface area contributed by atoms with E-state index in [0.29, 0.717) is 24.3 Å². The summed E-state index contributed by atoms with van der Waals surface area (Å²) < 4.78 is 49.5. The third kappa shape index (κ3) is 1.84. The first kappa shape index (κ1) is 8.77. The topological polar surface area (TPSA) is 0 Å². The lowest BCUT2D eigenvalue weighted by atomic mass is 10.2. The van der Waals surface area contributed by atoms with Gasteiger partial charge in [-0.25, -0.2) is 17.6 Å². The molecule has 64 valence electrons. The SMILES string of the molecule is FC1=C(F)/C=C/C(F)=C(\F)C=C1. The van der Waals surface area contributed by atoms with Crippen molar-refractivity contribution in [2.45, 2.75) is 0 Å². The molecule has 0 spiro atoms. The van der Waals surface area contributed by atoms with Crippen molar-refractivity contribution in [2.24, 2.45) is 0 Å². The van der Waals surface area contributed by atoms with Crippen molar-refractivity contribution in [1.82, 2.24) is 0 Å². The third-order valence-corrected chi connectivity index (χ3v) is 1.21. The van der Waals surface area contributed by atoms with E-state index in [-0.39, 0.29) is 0 Å². The summed E-state index contributed by atoms with van der Waals surface area (Å²) in [7, 11) is 0. The molecule has 0 heterocycles. The monoisotopic (exact) mass is 176 g/mol. The highest BCUT2D eigenvalue weighted by atomic mass is 19.2. The molecule has 0 aromatic rings. The molecule has 0 radical (unpaired) electrons. The number of hydrogen-bond acceptors (Lipinski definition) is 0. The molecule has 1 aliphatic carbocycles. The Kier molecular flexibility index (Phi) is 2.47. The summed E-state index contributed by atoms with van der Waals surface area (Å²) in [4.78, 5) is 0. The van der Waals surface area contributed by atoms with Gasteiger partial charge in [-0.1, -0.05) is 0 Å². The number of rotatable bonds is 0. The average molecular weight is 176 g/mol. The van der Waals surface area contributed by atoms with Crippen LogP contribution in [0.4, 0.5) is 17.6 Å². The first-order chi connectivity index (χ1) is 5.61. The maximum Gasteiger partial charge on any atom is 0.158 e. The van der Waals surface area contributed by atoms with Crippen molar-refractivity contribution < 1.29 is 17.6 Å². The average Bonchev–Trinajstić information content (AvgIpc) is 2.07. The number of halogens is 4. The summed E-state index contributed by atoms with van der Waals surface area (Å²) in [6.45, 7) is 0. The van der Waals surface area contributed by atoms with Crippen molar-refractivity contribution >= 4 is 0 Å². The van der Waals surface area contributed by atoms with Gasteiger partial charge in [-0.05, 0) is 24.3 Å². The zero-order valence-corrected chi connectivity index (χ0v) is 5.82. The largest absolute Gasteiger partial charge is 0.204 e. The molecule has 0 bridgehead atoms. The summed E-state index contributed by atoms with van der Waals surface area (Å²) in [6.07, 6.45) is 2.09. The van der Waals surface area contributed by atoms with E-state index in [1.54, 1.807) is 0 Å².